The molecule has 156 valence electrons. The number of urea groups is 1. The van der Waals surface area contributed by atoms with Crippen molar-refractivity contribution in [3.05, 3.63) is 81.6 Å². The van der Waals surface area contributed by atoms with Gasteiger partial charge < -0.3 is 4.42 Å². The molecule has 0 aliphatic carbocycles. The van der Waals surface area contributed by atoms with Crippen LogP contribution in [0.2, 0.25) is 5.02 Å². The molecule has 4 amide bonds. The van der Waals surface area contributed by atoms with Crippen molar-refractivity contribution in [3.8, 4) is 11.3 Å². The first-order chi connectivity index (χ1) is 14.7. The van der Waals surface area contributed by atoms with Crippen LogP contribution in [0.1, 0.15) is 22.5 Å². The average Bonchev–Trinajstić information content (AvgIpc) is 3.18. The van der Waals surface area contributed by atoms with Crippen molar-refractivity contribution >= 4 is 41.2 Å². The van der Waals surface area contributed by atoms with Crippen molar-refractivity contribution in [1.82, 2.24) is 5.32 Å². The lowest BCUT2D eigenvalue weighted by molar-refractivity contribution is -0.122. The van der Waals surface area contributed by atoms with Crippen molar-refractivity contribution < 1.29 is 18.8 Å². The molecular formula is C24H19ClN2O4. The number of furan rings is 1. The Morgan fingerprint density at radius 3 is 2.39 bits per heavy atom. The molecule has 1 aromatic heterocycles. The van der Waals surface area contributed by atoms with E-state index in [1.165, 1.54) is 6.08 Å². The van der Waals surface area contributed by atoms with E-state index >= 15 is 0 Å². The second kappa shape index (κ2) is 7.89. The highest BCUT2D eigenvalue weighted by Gasteiger charge is 2.37. The summed E-state index contributed by atoms with van der Waals surface area (Å²) in [5.41, 5.74) is 3.92. The molecule has 0 atom stereocenters. The molecule has 0 bridgehead atoms. The first-order valence-corrected chi connectivity index (χ1v) is 9.97. The van der Waals surface area contributed by atoms with Crippen LogP contribution in [0.5, 0.6) is 0 Å². The third-order valence-corrected chi connectivity index (χ3v) is 5.46. The number of aryl methyl sites for hydroxylation is 3. The Morgan fingerprint density at radius 1 is 0.903 bits per heavy atom. The number of hydrogen-bond acceptors (Lipinski definition) is 4. The summed E-state index contributed by atoms with van der Waals surface area (Å²) in [5, 5.41) is 2.79. The Balaban J connectivity index is 1.70. The number of anilines is 1. The number of nitrogens with zero attached hydrogens (tertiary/aromatic N) is 1. The molecule has 1 saturated heterocycles. The van der Waals surface area contributed by atoms with Gasteiger partial charge in [-0.2, -0.15) is 0 Å². The summed E-state index contributed by atoms with van der Waals surface area (Å²) < 4.78 is 5.84. The second-order valence-electron chi connectivity index (χ2n) is 7.39. The van der Waals surface area contributed by atoms with E-state index < -0.39 is 17.8 Å². The molecular weight excluding hydrogens is 416 g/mol. The predicted octanol–water partition coefficient (Wildman–Crippen LogP) is 5.19. The zero-order valence-corrected chi connectivity index (χ0v) is 17.9. The quantitative estimate of drug-likeness (QED) is 0.454. The topological polar surface area (TPSA) is 79.6 Å². The Morgan fingerprint density at radius 2 is 1.65 bits per heavy atom. The molecule has 2 heterocycles. The van der Waals surface area contributed by atoms with Crippen molar-refractivity contribution in [3.63, 3.8) is 0 Å². The average molecular weight is 435 g/mol. The minimum Gasteiger partial charge on any atom is -0.457 e. The van der Waals surface area contributed by atoms with Crippen LogP contribution in [0.3, 0.4) is 0 Å². The van der Waals surface area contributed by atoms with E-state index in [0.717, 1.165) is 27.2 Å². The smallest absolute Gasteiger partial charge is 0.335 e. The molecule has 1 N–H and O–H groups in total. The second-order valence-corrected chi connectivity index (χ2v) is 7.82. The van der Waals surface area contributed by atoms with E-state index in [2.05, 4.69) is 5.32 Å². The summed E-state index contributed by atoms with van der Waals surface area (Å²) in [5.74, 6) is -0.624. The van der Waals surface area contributed by atoms with E-state index in [4.69, 9.17) is 16.0 Å². The molecule has 0 saturated carbocycles. The van der Waals surface area contributed by atoms with Gasteiger partial charge in [0.15, 0.2) is 0 Å². The highest BCUT2D eigenvalue weighted by Crippen LogP contribution is 2.30. The normalized spacial score (nSPS) is 15.5. The van der Waals surface area contributed by atoms with Gasteiger partial charge in [0.2, 0.25) is 0 Å². The lowest BCUT2D eigenvalue weighted by Gasteiger charge is -2.26. The van der Waals surface area contributed by atoms with Gasteiger partial charge in [0, 0.05) is 10.6 Å². The number of halogens is 1. The first-order valence-electron chi connectivity index (χ1n) is 9.59. The Labute approximate surface area is 184 Å². The maximum Gasteiger partial charge on any atom is 0.335 e. The molecule has 31 heavy (non-hydrogen) atoms. The number of hydrogen-bond donors (Lipinski definition) is 1. The molecule has 7 heteroatoms. The fraction of sp³-hybridized carbons (Fsp3) is 0.125. The number of rotatable bonds is 3. The van der Waals surface area contributed by atoms with Gasteiger partial charge in [-0.15, -0.1) is 0 Å². The molecule has 6 nitrogen and oxygen atoms in total. The van der Waals surface area contributed by atoms with Gasteiger partial charge in [0.25, 0.3) is 11.8 Å². The van der Waals surface area contributed by atoms with E-state index in [9.17, 15) is 14.4 Å². The molecule has 1 fully saturated rings. The van der Waals surface area contributed by atoms with E-state index in [-0.39, 0.29) is 5.57 Å². The van der Waals surface area contributed by atoms with Crippen LogP contribution < -0.4 is 10.2 Å². The van der Waals surface area contributed by atoms with Crippen LogP contribution in [-0.4, -0.2) is 17.8 Å². The Hall–Kier alpha value is -3.64. The minimum absolute atomic E-state index is 0.193. The number of carbonyl (C=O) groups is 3. The summed E-state index contributed by atoms with van der Waals surface area (Å²) in [6, 6.07) is 13.3. The predicted molar refractivity (Wildman–Crippen MR) is 119 cm³/mol. The summed E-state index contributed by atoms with van der Waals surface area (Å²) in [6.45, 7) is 5.74. The number of imide groups is 2. The fourth-order valence-electron chi connectivity index (χ4n) is 3.33. The Bertz CT molecular complexity index is 1270. The van der Waals surface area contributed by atoms with Crippen LogP contribution in [0.4, 0.5) is 10.5 Å². The van der Waals surface area contributed by atoms with Gasteiger partial charge in [-0.25, -0.2) is 9.69 Å². The number of barbiturate groups is 1. The number of carbonyl (C=O) groups excluding carboxylic acids is 3. The van der Waals surface area contributed by atoms with E-state index in [1.807, 2.05) is 32.9 Å². The monoisotopic (exact) mass is 434 g/mol. The zero-order chi connectivity index (χ0) is 22.3. The molecule has 0 radical (unpaired) electrons. The fourth-order valence-corrected chi connectivity index (χ4v) is 3.51. The van der Waals surface area contributed by atoms with Crippen LogP contribution >= 0.6 is 11.6 Å². The van der Waals surface area contributed by atoms with Crippen LogP contribution in [0, 0.1) is 20.8 Å². The van der Waals surface area contributed by atoms with Crippen LogP contribution in [0.15, 0.2) is 58.5 Å². The van der Waals surface area contributed by atoms with Crippen LogP contribution in [0.25, 0.3) is 17.4 Å². The van der Waals surface area contributed by atoms with Gasteiger partial charge in [0.05, 0.1) is 5.69 Å². The molecule has 2 aromatic carbocycles. The zero-order valence-electron chi connectivity index (χ0n) is 17.2. The minimum atomic E-state index is -0.787. The maximum atomic E-state index is 13.0. The standard InChI is InChI=1S/C24H19ClN2O4/c1-13-5-7-17(10-15(13)3)27-23(29)20(22(28)26-24(27)30)12-18-8-9-21(31-18)19-11-16(25)6-4-14(19)2/h4-12H,1-3H3,(H,26,28,30)/b20-12+. The Kier molecular flexibility index (Phi) is 5.25. The number of benzene rings is 2. The van der Waals surface area contributed by atoms with Crippen LogP contribution in [-0.2, 0) is 9.59 Å². The highest BCUT2D eigenvalue weighted by atomic mass is 35.5. The van der Waals surface area contributed by atoms with E-state index in [0.29, 0.717) is 22.2 Å². The maximum absolute atomic E-state index is 13.0. The largest absolute Gasteiger partial charge is 0.457 e. The van der Waals surface area contributed by atoms with Crippen molar-refractivity contribution in [2.24, 2.45) is 0 Å². The highest BCUT2D eigenvalue weighted by molar-refractivity contribution is 6.39. The SMILES string of the molecule is Cc1ccc(N2C(=O)NC(=O)/C(=C\c3ccc(-c4cc(Cl)ccc4C)o3)C2=O)cc1C. The molecule has 1 aliphatic rings. The van der Waals surface area contributed by atoms with Gasteiger partial charge >= 0.3 is 6.03 Å². The lowest BCUT2D eigenvalue weighted by Crippen LogP contribution is -2.54. The summed E-state index contributed by atoms with van der Waals surface area (Å²) in [7, 11) is 0. The third kappa shape index (κ3) is 3.90. The van der Waals surface area contributed by atoms with E-state index in [1.54, 1.807) is 36.4 Å². The van der Waals surface area contributed by atoms with Crippen molar-refractivity contribution in [2.45, 2.75) is 20.8 Å². The molecule has 0 unspecified atom stereocenters. The third-order valence-electron chi connectivity index (χ3n) is 5.23. The summed E-state index contributed by atoms with van der Waals surface area (Å²) in [6.07, 6.45) is 1.33. The number of amides is 4. The molecule has 1 aliphatic heterocycles. The summed E-state index contributed by atoms with van der Waals surface area (Å²) >= 11 is 6.09. The van der Waals surface area contributed by atoms with Crippen molar-refractivity contribution in [2.75, 3.05) is 4.90 Å². The molecule has 4 rings (SSSR count). The van der Waals surface area contributed by atoms with Crippen molar-refractivity contribution in [1.29, 1.82) is 0 Å². The number of nitrogens with one attached hydrogen (secondary N) is 1. The van der Waals surface area contributed by atoms with Gasteiger partial charge in [-0.1, -0.05) is 23.7 Å². The first kappa shape index (κ1) is 20.6. The lowest BCUT2D eigenvalue weighted by atomic mass is 10.1. The molecule has 3 aromatic rings. The summed E-state index contributed by atoms with van der Waals surface area (Å²) in [4.78, 5) is 38.8. The van der Waals surface area contributed by atoms with Gasteiger partial charge in [-0.05, 0) is 79.9 Å². The van der Waals surface area contributed by atoms with Gasteiger partial charge in [-0.3, -0.25) is 14.9 Å². The molecule has 0 spiro atoms. The van der Waals surface area contributed by atoms with Gasteiger partial charge in [0.1, 0.15) is 17.1 Å².